The summed E-state index contributed by atoms with van der Waals surface area (Å²) in [6.07, 6.45) is 1.59. The van der Waals surface area contributed by atoms with Crippen molar-refractivity contribution in [3.05, 3.63) is 38.0 Å². The second-order valence-electron chi connectivity index (χ2n) is 3.61. The molecule has 102 valence electrons. The number of carbonyl (C=O) groups is 1. The number of imidazole rings is 1. The SMILES string of the molecule is O=C(O)c1cc(Sc2nc3sccn3c2[N+](=O)[O-])cs1. The van der Waals surface area contributed by atoms with Crippen LogP contribution < -0.4 is 0 Å². The Bertz CT molecular complexity index is 819. The summed E-state index contributed by atoms with van der Waals surface area (Å²) in [6, 6.07) is 1.48. The Labute approximate surface area is 123 Å². The van der Waals surface area contributed by atoms with Crippen LogP contribution in [0.5, 0.6) is 0 Å². The van der Waals surface area contributed by atoms with Crippen molar-refractivity contribution in [2.24, 2.45) is 0 Å². The molecule has 0 radical (unpaired) electrons. The van der Waals surface area contributed by atoms with Crippen molar-refractivity contribution in [1.29, 1.82) is 0 Å². The number of rotatable bonds is 4. The molecular formula is C10H5N3O4S3. The highest BCUT2D eigenvalue weighted by atomic mass is 32.2. The molecule has 0 spiro atoms. The first-order chi connectivity index (χ1) is 9.56. The minimum Gasteiger partial charge on any atom is -0.477 e. The number of nitrogens with zero attached hydrogens (tertiary/aromatic N) is 3. The quantitative estimate of drug-likeness (QED) is 0.583. The zero-order valence-corrected chi connectivity index (χ0v) is 12.0. The van der Waals surface area contributed by atoms with Crippen LogP contribution in [0.1, 0.15) is 9.67 Å². The van der Waals surface area contributed by atoms with Crippen LogP contribution in [0.25, 0.3) is 4.96 Å². The Hall–Kier alpha value is -1.91. The fraction of sp³-hybridized carbons (Fsp3) is 0. The smallest absolute Gasteiger partial charge is 0.363 e. The van der Waals surface area contributed by atoms with Crippen LogP contribution >= 0.6 is 34.4 Å². The summed E-state index contributed by atoms with van der Waals surface area (Å²) in [6.45, 7) is 0. The third kappa shape index (κ3) is 2.17. The van der Waals surface area contributed by atoms with Gasteiger partial charge in [-0.25, -0.2) is 4.79 Å². The number of nitro groups is 1. The minimum absolute atomic E-state index is 0.102. The van der Waals surface area contributed by atoms with E-state index in [4.69, 9.17) is 5.11 Å². The molecule has 0 bridgehead atoms. The molecule has 0 aliphatic heterocycles. The normalized spacial score (nSPS) is 11.0. The van der Waals surface area contributed by atoms with E-state index in [0.29, 0.717) is 9.86 Å². The second kappa shape index (κ2) is 4.89. The van der Waals surface area contributed by atoms with Gasteiger partial charge in [-0.05, 0) is 11.0 Å². The lowest BCUT2D eigenvalue weighted by Crippen LogP contribution is -1.93. The number of fused-ring (bicyclic) bond motifs is 1. The van der Waals surface area contributed by atoms with Crippen molar-refractivity contribution < 1.29 is 14.8 Å². The van der Waals surface area contributed by atoms with Gasteiger partial charge in [-0.1, -0.05) is 23.1 Å². The van der Waals surface area contributed by atoms with Crippen LogP contribution in [0, 0.1) is 10.1 Å². The van der Waals surface area contributed by atoms with Crippen molar-refractivity contribution in [3.8, 4) is 0 Å². The third-order valence-corrected chi connectivity index (χ3v) is 5.14. The van der Waals surface area contributed by atoms with Crippen LogP contribution in [-0.4, -0.2) is 25.4 Å². The first-order valence-corrected chi connectivity index (χ1v) is 7.73. The van der Waals surface area contributed by atoms with Gasteiger partial charge in [-0.2, -0.15) is 9.38 Å². The molecule has 3 aromatic rings. The molecule has 20 heavy (non-hydrogen) atoms. The van der Waals surface area contributed by atoms with Gasteiger partial charge in [0.15, 0.2) is 0 Å². The Morgan fingerprint density at radius 2 is 2.30 bits per heavy atom. The van der Waals surface area contributed by atoms with Gasteiger partial charge in [0.1, 0.15) is 11.1 Å². The Morgan fingerprint density at radius 1 is 1.50 bits per heavy atom. The van der Waals surface area contributed by atoms with Gasteiger partial charge in [0.25, 0.3) is 4.96 Å². The highest BCUT2D eigenvalue weighted by molar-refractivity contribution is 7.99. The minimum atomic E-state index is -1.01. The highest BCUT2D eigenvalue weighted by Gasteiger charge is 2.24. The second-order valence-corrected chi connectivity index (χ2v) is 6.45. The van der Waals surface area contributed by atoms with Crippen LogP contribution in [0.2, 0.25) is 0 Å². The average molecular weight is 327 g/mol. The zero-order valence-electron chi connectivity index (χ0n) is 9.55. The van der Waals surface area contributed by atoms with Gasteiger partial charge in [0, 0.05) is 15.7 Å². The molecule has 0 unspecified atom stereocenters. The van der Waals surface area contributed by atoms with Crippen LogP contribution in [-0.2, 0) is 0 Å². The number of aromatic nitrogens is 2. The molecule has 3 rings (SSSR count). The molecule has 3 heterocycles. The number of aromatic carboxylic acids is 1. The topological polar surface area (TPSA) is 97.7 Å². The molecule has 0 saturated carbocycles. The fourth-order valence-electron chi connectivity index (χ4n) is 1.58. The molecular weight excluding hydrogens is 322 g/mol. The number of hydrogen-bond donors (Lipinski definition) is 1. The van der Waals surface area contributed by atoms with E-state index in [1.165, 1.54) is 21.8 Å². The van der Waals surface area contributed by atoms with Crippen LogP contribution in [0.3, 0.4) is 0 Å². The lowest BCUT2D eigenvalue weighted by Gasteiger charge is -1.95. The molecule has 7 nitrogen and oxygen atoms in total. The molecule has 3 aromatic heterocycles. The molecule has 0 saturated heterocycles. The van der Waals surface area contributed by atoms with E-state index in [0.717, 1.165) is 23.1 Å². The number of hydrogen-bond acceptors (Lipinski definition) is 7. The van der Waals surface area contributed by atoms with Crippen molar-refractivity contribution in [3.63, 3.8) is 0 Å². The Kier molecular flexibility index (Phi) is 3.20. The molecule has 0 aliphatic carbocycles. The first kappa shape index (κ1) is 13.1. The van der Waals surface area contributed by atoms with E-state index >= 15 is 0 Å². The maximum atomic E-state index is 11.1. The lowest BCUT2D eigenvalue weighted by atomic mass is 10.5. The summed E-state index contributed by atoms with van der Waals surface area (Å²) in [5, 5.41) is 23.6. The van der Waals surface area contributed by atoms with Crippen molar-refractivity contribution in [2.45, 2.75) is 9.92 Å². The largest absolute Gasteiger partial charge is 0.477 e. The van der Waals surface area contributed by atoms with Gasteiger partial charge >= 0.3 is 11.8 Å². The summed E-state index contributed by atoms with van der Waals surface area (Å²) in [5.74, 6) is -1.11. The monoisotopic (exact) mass is 327 g/mol. The maximum Gasteiger partial charge on any atom is 0.363 e. The van der Waals surface area contributed by atoms with Crippen molar-refractivity contribution >= 4 is 51.2 Å². The summed E-state index contributed by atoms with van der Waals surface area (Å²) in [5.41, 5.74) is 0. The third-order valence-electron chi connectivity index (χ3n) is 2.38. The molecule has 0 amide bonds. The Morgan fingerprint density at radius 3 is 2.95 bits per heavy atom. The van der Waals surface area contributed by atoms with E-state index in [-0.39, 0.29) is 15.7 Å². The summed E-state index contributed by atoms with van der Waals surface area (Å²) in [4.78, 5) is 27.0. The molecule has 0 fully saturated rings. The number of thiophene rings is 1. The van der Waals surface area contributed by atoms with E-state index in [1.54, 1.807) is 17.0 Å². The molecule has 0 atom stereocenters. The van der Waals surface area contributed by atoms with Crippen molar-refractivity contribution in [2.75, 3.05) is 0 Å². The predicted octanol–water partition coefficient (Wildman–Crippen LogP) is 3.21. The van der Waals surface area contributed by atoms with Gasteiger partial charge in [0.2, 0.25) is 5.03 Å². The zero-order chi connectivity index (χ0) is 14.3. The average Bonchev–Trinajstić information content (AvgIpc) is 3.02. The predicted molar refractivity (Wildman–Crippen MR) is 75.1 cm³/mol. The van der Waals surface area contributed by atoms with Crippen molar-refractivity contribution in [1.82, 2.24) is 9.38 Å². The summed E-state index contributed by atoms with van der Waals surface area (Å²) >= 11 is 3.47. The summed E-state index contributed by atoms with van der Waals surface area (Å²) in [7, 11) is 0. The maximum absolute atomic E-state index is 11.1. The van der Waals surface area contributed by atoms with Gasteiger partial charge in [-0.3, -0.25) is 0 Å². The van der Waals surface area contributed by atoms with Crippen LogP contribution in [0.15, 0.2) is 32.9 Å². The molecule has 0 aromatic carbocycles. The molecule has 0 aliphatic rings. The van der Waals surface area contributed by atoms with E-state index in [2.05, 4.69) is 4.98 Å². The van der Waals surface area contributed by atoms with Gasteiger partial charge in [-0.15, -0.1) is 11.3 Å². The van der Waals surface area contributed by atoms with Gasteiger partial charge < -0.3 is 15.2 Å². The lowest BCUT2D eigenvalue weighted by molar-refractivity contribution is -0.393. The van der Waals surface area contributed by atoms with E-state index < -0.39 is 10.9 Å². The van der Waals surface area contributed by atoms with Gasteiger partial charge in [0.05, 0.1) is 0 Å². The van der Waals surface area contributed by atoms with Crippen LogP contribution in [0.4, 0.5) is 5.82 Å². The Balaban J connectivity index is 2.01. The number of thiazole rings is 1. The highest BCUT2D eigenvalue weighted by Crippen LogP contribution is 2.37. The first-order valence-electron chi connectivity index (χ1n) is 5.16. The standard InChI is InChI=1S/C10H5N3O4S3/c14-9(15)6-3-5(4-19-6)20-7-8(13(16)17)12-1-2-18-10(12)11-7/h1-4H,(H,14,15). The number of carboxylic acid groups (broad SMARTS) is 1. The number of carboxylic acids is 1. The fourth-order valence-corrected chi connectivity index (χ4v) is 4.17. The summed E-state index contributed by atoms with van der Waals surface area (Å²) < 4.78 is 1.41. The molecule has 1 N–H and O–H groups in total. The molecule has 10 heteroatoms. The van der Waals surface area contributed by atoms with E-state index in [1.807, 2.05) is 0 Å². The van der Waals surface area contributed by atoms with E-state index in [9.17, 15) is 14.9 Å².